The van der Waals surface area contributed by atoms with E-state index < -0.39 is 7.25 Å². The van der Waals surface area contributed by atoms with Gasteiger partial charge in [-0.3, -0.25) is 0 Å². The molecule has 1 heterocycles. The van der Waals surface area contributed by atoms with Gasteiger partial charge in [0.1, 0.15) is 18.4 Å². The van der Waals surface area contributed by atoms with E-state index >= 15 is 0 Å². The molecule has 2 rings (SSSR count). The summed E-state index contributed by atoms with van der Waals surface area (Å²) in [5.74, 6) is 0. The Balaban J connectivity index is 0.000000347. The minimum absolute atomic E-state index is 0.905. The highest BCUT2D eigenvalue weighted by Gasteiger charge is 2.20. The molecule has 0 saturated heterocycles. The van der Waals surface area contributed by atoms with Crippen molar-refractivity contribution in [1.29, 1.82) is 0 Å². The molecule has 0 spiro atoms. The fourth-order valence-electron chi connectivity index (χ4n) is 1.57. The number of hydrogen-bond acceptors (Lipinski definition) is 0. The SMILES string of the molecule is C=Cc1ccc(C[n+]2c[nH]c(C)c2)cc1.F[B-](F)(F)F. The van der Waals surface area contributed by atoms with Crippen molar-refractivity contribution in [3.8, 4) is 0 Å². The van der Waals surface area contributed by atoms with Crippen LogP contribution in [0.25, 0.3) is 6.08 Å². The number of nitrogens with zero attached hydrogens (tertiary/aromatic N) is 1. The van der Waals surface area contributed by atoms with Crippen LogP contribution in [-0.2, 0) is 6.54 Å². The predicted octanol–water partition coefficient (Wildman–Crippen LogP) is 3.60. The van der Waals surface area contributed by atoms with Crippen molar-refractivity contribution in [2.75, 3.05) is 0 Å². The zero-order valence-corrected chi connectivity index (χ0v) is 11.0. The third-order valence-electron chi connectivity index (χ3n) is 2.40. The Labute approximate surface area is 114 Å². The monoisotopic (exact) mass is 286 g/mol. The van der Waals surface area contributed by atoms with Crippen LogP contribution in [-0.4, -0.2) is 12.2 Å². The van der Waals surface area contributed by atoms with Crippen LogP contribution in [0.2, 0.25) is 0 Å². The van der Waals surface area contributed by atoms with Gasteiger partial charge in [0.2, 0.25) is 6.33 Å². The van der Waals surface area contributed by atoms with Gasteiger partial charge in [-0.1, -0.05) is 36.9 Å². The molecule has 2 nitrogen and oxygen atoms in total. The van der Waals surface area contributed by atoms with Gasteiger partial charge in [-0.2, -0.15) is 0 Å². The van der Waals surface area contributed by atoms with E-state index in [1.54, 1.807) is 0 Å². The molecular formula is C13H15BF4N2. The van der Waals surface area contributed by atoms with Gasteiger partial charge in [-0.25, -0.2) is 9.55 Å². The number of H-pyrrole nitrogens is 1. The van der Waals surface area contributed by atoms with Crippen molar-refractivity contribution in [3.63, 3.8) is 0 Å². The van der Waals surface area contributed by atoms with Crippen molar-refractivity contribution in [2.24, 2.45) is 0 Å². The number of aryl methyl sites for hydroxylation is 1. The van der Waals surface area contributed by atoms with Crippen LogP contribution >= 0.6 is 0 Å². The molecule has 7 heteroatoms. The summed E-state index contributed by atoms with van der Waals surface area (Å²) in [5.41, 5.74) is 3.64. The Bertz CT molecular complexity index is 540. The molecule has 0 saturated carbocycles. The van der Waals surface area contributed by atoms with Crippen molar-refractivity contribution < 1.29 is 21.8 Å². The first kappa shape index (κ1) is 16.0. The molecule has 0 bridgehead atoms. The highest BCUT2D eigenvalue weighted by molar-refractivity contribution is 6.50. The van der Waals surface area contributed by atoms with Gasteiger partial charge in [0.25, 0.3) is 0 Å². The summed E-state index contributed by atoms with van der Waals surface area (Å²) in [6, 6.07) is 8.43. The molecule has 1 N–H and O–H groups in total. The minimum atomic E-state index is -6.00. The number of halogens is 4. The number of nitrogens with one attached hydrogen (secondary N) is 1. The molecule has 1 aromatic carbocycles. The van der Waals surface area contributed by atoms with Crippen LogP contribution in [0.15, 0.2) is 43.4 Å². The Hall–Kier alpha value is -2.05. The van der Waals surface area contributed by atoms with Crippen molar-refractivity contribution >= 4 is 13.3 Å². The molecule has 20 heavy (non-hydrogen) atoms. The Morgan fingerprint density at radius 1 is 1.20 bits per heavy atom. The molecule has 1 aromatic heterocycles. The molecule has 0 atom stereocenters. The summed E-state index contributed by atoms with van der Waals surface area (Å²) >= 11 is 0. The summed E-state index contributed by atoms with van der Waals surface area (Å²) in [7, 11) is -6.00. The molecule has 0 fully saturated rings. The molecule has 0 aliphatic rings. The first-order chi connectivity index (χ1) is 9.28. The van der Waals surface area contributed by atoms with Gasteiger partial charge in [-0.05, 0) is 11.1 Å². The van der Waals surface area contributed by atoms with Crippen LogP contribution < -0.4 is 4.57 Å². The molecule has 0 aliphatic carbocycles. The number of benzene rings is 1. The topological polar surface area (TPSA) is 19.7 Å². The lowest BCUT2D eigenvalue weighted by Gasteiger charge is -1.98. The van der Waals surface area contributed by atoms with Crippen LogP contribution in [0.1, 0.15) is 16.8 Å². The smallest absolute Gasteiger partial charge is 0.418 e. The van der Waals surface area contributed by atoms with Gasteiger partial charge >= 0.3 is 7.25 Å². The van der Waals surface area contributed by atoms with Gasteiger partial charge in [-0.15, -0.1) is 0 Å². The number of aromatic nitrogens is 2. The second kappa shape index (κ2) is 6.93. The standard InChI is InChI=1S/C13H14N2.BF4/c1-3-12-4-6-13(7-5-12)9-15-8-11(2)14-10-15;2-1(3,4)5/h3-8,10H,1,9H2,2H3;/q;-1/p+1. The molecule has 2 aromatic rings. The Morgan fingerprint density at radius 2 is 1.75 bits per heavy atom. The van der Waals surface area contributed by atoms with E-state index in [-0.39, 0.29) is 0 Å². The average molecular weight is 286 g/mol. The molecule has 0 radical (unpaired) electrons. The largest absolute Gasteiger partial charge is 0.673 e. The van der Waals surface area contributed by atoms with E-state index in [1.807, 2.05) is 12.4 Å². The summed E-state index contributed by atoms with van der Waals surface area (Å²) < 4.78 is 41.1. The molecule has 0 unspecified atom stereocenters. The lowest BCUT2D eigenvalue weighted by Crippen LogP contribution is -2.30. The highest BCUT2D eigenvalue weighted by Crippen LogP contribution is 2.06. The van der Waals surface area contributed by atoms with Gasteiger partial charge in [0, 0.05) is 6.92 Å². The average Bonchev–Trinajstić information content (AvgIpc) is 2.74. The quantitative estimate of drug-likeness (QED) is 0.505. The molecule has 0 aliphatic heterocycles. The Kier molecular flexibility index (Phi) is 5.55. The minimum Gasteiger partial charge on any atom is -0.418 e. The number of imidazole rings is 1. The van der Waals surface area contributed by atoms with Gasteiger partial charge in [0.05, 0.1) is 0 Å². The molecule has 108 valence electrons. The van der Waals surface area contributed by atoms with E-state index in [2.05, 4.69) is 53.5 Å². The lowest BCUT2D eigenvalue weighted by molar-refractivity contribution is -0.687. The van der Waals surface area contributed by atoms with Crippen LogP contribution in [0.3, 0.4) is 0 Å². The third kappa shape index (κ3) is 6.77. The maximum absolute atomic E-state index is 9.75. The normalized spacial score (nSPS) is 10.7. The third-order valence-corrected chi connectivity index (χ3v) is 2.40. The second-order valence-corrected chi connectivity index (χ2v) is 4.20. The Morgan fingerprint density at radius 3 is 2.15 bits per heavy atom. The maximum atomic E-state index is 9.75. The number of hydrogen-bond donors (Lipinski definition) is 1. The van der Waals surface area contributed by atoms with Crippen LogP contribution in [0.4, 0.5) is 17.3 Å². The highest BCUT2D eigenvalue weighted by atomic mass is 19.5. The van der Waals surface area contributed by atoms with Gasteiger partial charge < -0.3 is 17.3 Å². The molecule has 0 amide bonds. The fraction of sp³-hybridized carbons (Fsp3) is 0.154. The van der Waals surface area contributed by atoms with Crippen LogP contribution in [0, 0.1) is 6.92 Å². The van der Waals surface area contributed by atoms with Crippen molar-refractivity contribution in [2.45, 2.75) is 13.5 Å². The number of rotatable bonds is 3. The predicted molar refractivity (Wildman–Crippen MR) is 71.5 cm³/mol. The zero-order chi connectivity index (χ0) is 15.2. The number of aromatic amines is 1. The summed E-state index contributed by atoms with van der Waals surface area (Å²) in [4.78, 5) is 3.16. The first-order valence-corrected chi connectivity index (χ1v) is 5.90. The molecular weight excluding hydrogens is 271 g/mol. The second-order valence-electron chi connectivity index (χ2n) is 4.20. The lowest BCUT2D eigenvalue weighted by atomic mass is 10.1. The van der Waals surface area contributed by atoms with E-state index in [1.165, 1.54) is 11.3 Å². The van der Waals surface area contributed by atoms with E-state index in [0.29, 0.717) is 0 Å². The van der Waals surface area contributed by atoms with E-state index in [4.69, 9.17) is 0 Å². The van der Waals surface area contributed by atoms with E-state index in [9.17, 15) is 17.3 Å². The summed E-state index contributed by atoms with van der Waals surface area (Å²) in [6.07, 6.45) is 5.94. The van der Waals surface area contributed by atoms with Crippen LogP contribution in [0.5, 0.6) is 0 Å². The first-order valence-electron chi connectivity index (χ1n) is 5.90. The van der Waals surface area contributed by atoms with Gasteiger partial charge in [0.15, 0.2) is 0 Å². The van der Waals surface area contributed by atoms with Crippen molar-refractivity contribution in [3.05, 3.63) is 60.2 Å². The fourth-order valence-corrected chi connectivity index (χ4v) is 1.57. The van der Waals surface area contributed by atoms with Crippen molar-refractivity contribution in [1.82, 2.24) is 4.98 Å². The van der Waals surface area contributed by atoms with E-state index in [0.717, 1.165) is 12.1 Å². The summed E-state index contributed by atoms with van der Waals surface area (Å²) in [5, 5.41) is 0. The summed E-state index contributed by atoms with van der Waals surface area (Å²) in [6.45, 7) is 6.70. The maximum Gasteiger partial charge on any atom is 0.673 e. The zero-order valence-electron chi connectivity index (χ0n) is 11.0.